The van der Waals surface area contributed by atoms with E-state index in [0.717, 1.165) is 12.3 Å². The van der Waals surface area contributed by atoms with E-state index < -0.39 is 21.7 Å². The van der Waals surface area contributed by atoms with Crippen molar-refractivity contribution in [1.82, 2.24) is 24.3 Å². The van der Waals surface area contributed by atoms with Gasteiger partial charge in [-0.2, -0.15) is 10.2 Å². The molecule has 2 aromatic heterocycles. The minimum Gasteiger partial charge on any atom is -0.274 e. The summed E-state index contributed by atoms with van der Waals surface area (Å²) in [5.41, 5.74) is 0.0162. The van der Waals surface area contributed by atoms with Gasteiger partial charge in [0, 0.05) is 31.2 Å². The Kier molecular flexibility index (Phi) is 3.89. The third-order valence-electron chi connectivity index (χ3n) is 3.18. The van der Waals surface area contributed by atoms with Gasteiger partial charge in [-0.1, -0.05) is 0 Å². The molecule has 0 aliphatic carbocycles. The molecule has 2 heterocycles. The lowest BCUT2D eigenvalue weighted by atomic mass is 10.2. The molecule has 124 valence electrons. The van der Waals surface area contributed by atoms with Crippen LogP contribution in [0.15, 0.2) is 53.9 Å². The molecule has 1 amide bonds. The Balaban J connectivity index is 1.84. The fourth-order valence-electron chi connectivity index (χ4n) is 2.02. The number of hydrogen-bond donors (Lipinski definition) is 1. The SMILES string of the molecule is Cn1cc(S(=O)(=O)NC(=O)c2ccc(-n3cccn3)c(F)c2)cn1. The lowest BCUT2D eigenvalue weighted by Crippen LogP contribution is -2.30. The Hall–Kier alpha value is -3.01. The van der Waals surface area contributed by atoms with Gasteiger partial charge < -0.3 is 0 Å². The van der Waals surface area contributed by atoms with Crippen molar-refractivity contribution in [2.24, 2.45) is 7.05 Å². The third-order valence-corrected chi connectivity index (χ3v) is 4.47. The van der Waals surface area contributed by atoms with Gasteiger partial charge in [-0.25, -0.2) is 22.2 Å². The predicted octanol–water partition coefficient (Wildman–Crippen LogP) is 0.864. The van der Waals surface area contributed by atoms with E-state index in [-0.39, 0.29) is 16.1 Å². The van der Waals surface area contributed by atoms with E-state index in [1.165, 1.54) is 33.9 Å². The van der Waals surface area contributed by atoms with Crippen molar-refractivity contribution in [3.63, 3.8) is 0 Å². The van der Waals surface area contributed by atoms with E-state index >= 15 is 0 Å². The van der Waals surface area contributed by atoms with Crippen LogP contribution < -0.4 is 4.72 Å². The molecule has 3 rings (SSSR count). The number of nitrogens with zero attached hydrogens (tertiary/aromatic N) is 4. The molecule has 24 heavy (non-hydrogen) atoms. The van der Waals surface area contributed by atoms with Gasteiger partial charge in [-0.05, 0) is 24.3 Å². The van der Waals surface area contributed by atoms with Crippen LogP contribution in [-0.2, 0) is 17.1 Å². The van der Waals surface area contributed by atoms with Crippen molar-refractivity contribution in [1.29, 1.82) is 0 Å². The van der Waals surface area contributed by atoms with Crippen LogP contribution in [0.25, 0.3) is 5.69 Å². The van der Waals surface area contributed by atoms with Crippen LogP contribution in [-0.4, -0.2) is 33.9 Å². The van der Waals surface area contributed by atoms with Gasteiger partial charge in [0.05, 0.1) is 6.20 Å². The highest BCUT2D eigenvalue weighted by Gasteiger charge is 2.21. The van der Waals surface area contributed by atoms with Crippen molar-refractivity contribution in [2.75, 3.05) is 0 Å². The second-order valence-corrected chi connectivity index (χ2v) is 6.58. The highest BCUT2D eigenvalue weighted by molar-refractivity contribution is 7.90. The van der Waals surface area contributed by atoms with Crippen molar-refractivity contribution in [3.05, 3.63) is 60.4 Å². The summed E-state index contributed by atoms with van der Waals surface area (Å²) in [6.07, 6.45) is 5.39. The molecule has 0 bridgehead atoms. The average Bonchev–Trinajstić information content (AvgIpc) is 3.18. The molecule has 1 aromatic carbocycles. The van der Waals surface area contributed by atoms with E-state index in [2.05, 4.69) is 10.2 Å². The molecular formula is C14H12FN5O3S. The molecule has 0 aliphatic heterocycles. The molecule has 0 saturated heterocycles. The Morgan fingerprint density at radius 3 is 2.67 bits per heavy atom. The molecule has 0 fully saturated rings. The van der Waals surface area contributed by atoms with Gasteiger partial charge in [-0.15, -0.1) is 0 Å². The second kappa shape index (κ2) is 5.89. The minimum absolute atomic E-state index is 0.129. The van der Waals surface area contributed by atoms with Gasteiger partial charge in [0.1, 0.15) is 16.4 Å². The van der Waals surface area contributed by atoms with Crippen LogP contribution in [0.1, 0.15) is 10.4 Å². The lowest BCUT2D eigenvalue weighted by Gasteiger charge is -2.07. The van der Waals surface area contributed by atoms with Crippen molar-refractivity contribution < 1.29 is 17.6 Å². The molecule has 0 atom stereocenters. The molecule has 0 radical (unpaired) electrons. The molecular weight excluding hydrogens is 337 g/mol. The summed E-state index contributed by atoms with van der Waals surface area (Å²) >= 11 is 0. The number of hydrogen-bond acceptors (Lipinski definition) is 5. The second-order valence-electron chi connectivity index (χ2n) is 4.90. The fourth-order valence-corrected chi connectivity index (χ4v) is 2.98. The first-order valence-electron chi connectivity index (χ1n) is 6.72. The number of amides is 1. The molecule has 0 saturated carbocycles. The number of halogens is 1. The number of carbonyl (C=O) groups is 1. The van der Waals surface area contributed by atoms with E-state index in [1.807, 2.05) is 4.72 Å². The maximum atomic E-state index is 14.1. The predicted molar refractivity (Wildman–Crippen MR) is 81.4 cm³/mol. The van der Waals surface area contributed by atoms with Gasteiger partial charge >= 0.3 is 0 Å². The molecule has 0 spiro atoms. The highest BCUT2D eigenvalue weighted by atomic mass is 32.2. The Morgan fingerprint density at radius 2 is 2.08 bits per heavy atom. The summed E-state index contributed by atoms with van der Waals surface area (Å²) in [6, 6.07) is 5.23. The molecule has 8 nitrogen and oxygen atoms in total. The van der Waals surface area contributed by atoms with Gasteiger partial charge in [0.2, 0.25) is 0 Å². The number of nitrogens with one attached hydrogen (secondary N) is 1. The number of benzene rings is 1. The Labute approximate surface area is 136 Å². The van der Waals surface area contributed by atoms with E-state index in [4.69, 9.17) is 0 Å². The largest absolute Gasteiger partial charge is 0.274 e. The smallest absolute Gasteiger partial charge is 0.267 e. The molecule has 1 N–H and O–H groups in total. The summed E-state index contributed by atoms with van der Waals surface area (Å²) in [4.78, 5) is 11.9. The van der Waals surface area contributed by atoms with Gasteiger partial charge in [-0.3, -0.25) is 9.48 Å². The van der Waals surface area contributed by atoms with Crippen molar-refractivity contribution in [3.8, 4) is 5.69 Å². The summed E-state index contributed by atoms with van der Waals surface area (Å²) < 4.78 is 42.7. The summed E-state index contributed by atoms with van der Waals surface area (Å²) in [5.74, 6) is -1.64. The zero-order chi connectivity index (χ0) is 17.3. The number of rotatable bonds is 4. The number of sulfonamides is 1. The summed E-state index contributed by atoms with van der Waals surface area (Å²) in [5, 5.41) is 7.63. The van der Waals surface area contributed by atoms with Gasteiger partial charge in [0.15, 0.2) is 0 Å². The van der Waals surface area contributed by atoms with Gasteiger partial charge in [0.25, 0.3) is 15.9 Å². The van der Waals surface area contributed by atoms with Crippen molar-refractivity contribution in [2.45, 2.75) is 4.90 Å². The van der Waals surface area contributed by atoms with Crippen LogP contribution in [0, 0.1) is 5.82 Å². The van der Waals surface area contributed by atoms with E-state index in [0.29, 0.717) is 0 Å². The standard InChI is InChI=1S/C14H12FN5O3S/c1-19-9-11(8-17-19)24(22,23)18-14(21)10-3-4-13(12(15)7-10)20-6-2-5-16-20/h2-9H,1H3,(H,18,21). The lowest BCUT2D eigenvalue weighted by molar-refractivity contribution is 0.0981. The number of carbonyl (C=O) groups excluding carboxylic acids is 1. The zero-order valence-corrected chi connectivity index (χ0v) is 13.2. The van der Waals surface area contributed by atoms with Crippen LogP contribution >= 0.6 is 0 Å². The van der Waals surface area contributed by atoms with Crippen LogP contribution in [0.2, 0.25) is 0 Å². The highest BCUT2D eigenvalue weighted by Crippen LogP contribution is 2.15. The molecule has 0 aliphatic rings. The molecule has 10 heteroatoms. The monoisotopic (exact) mass is 349 g/mol. The number of aromatic nitrogens is 4. The first-order valence-corrected chi connectivity index (χ1v) is 8.20. The van der Waals surface area contributed by atoms with Crippen LogP contribution in [0.4, 0.5) is 4.39 Å². The zero-order valence-electron chi connectivity index (χ0n) is 12.4. The van der Waals surface area contributed by atoms with Crippen molar-refractivity contribution >= 4 is 15.9 Å². The topological polar surface area (TPSA) is 98.9 Å². The average molecular weight is 349 g/mol. The molecule has 3 aromatic rings. The third kappa shape index (κ3) is 3.04. The fraction of sp³-hybridized carbons (Fsp3) is 0.0714. The Morgan fingerprint density at radius 1 is 1.29 bits per heavy atom. The molecule has 0 unspecified atom stereocenters. The van der Waals surface area contributed by atoms with E-state index in [9.17, 15) is 17.6 Å². The van der Waals surface area contributed by atoms with E-state index in [1.54, 1.807) is 19.3 Å². The summed E-state index contributed by atoms with van der Waals surface area (Å²) in [6.45, 7) is 0. The first-order chi connectivity index (χ1) is 11.4. The summed E-state index contributed by atoms with van der Waals surface area (Å²) in [7, 11) is -2.53. The maximum absolute atomic E-state index is 14.1. The normalized spacial score (nSPS) is 11.4. The Bertz CT molecular complexity index is 995. The number of aryl methyl sites for hydroxylation is 1. The maximum Gasteiger partial charge on any atom is 0.267 e. The van der Waals surface area contributed by atoms with Crippen LogP contribution in [0.5, 0.6) is 0 Å². The minimum atomic E-state index is -4.08. The first kappa shape index (κ1) is 15.9. The quantitative estimate of drug-likeness (QED) is 0.753. The van der Waals surface area contributed by atoms with Crippen LogP contribution in [0.3, 0.4) is 0 Å².